The van der Waals surface area contributed by atoms with Crippen LogP contribution in [0.1, 0.15) is 5.56 Å². The summed E-state index contributed by atoms with van der Waals surface area (Å²) in [6.45, 7) is 4.24. The second-order valence-electron chi connectivity index (χ2n) is 7.84. The number of amides is 1. The van der Waals surface area contributed by atoms with Crippen molar-refractivity contribution < 1.29 is 14.3 Å². The van der Waals surface area contributed by atoms with Gasteiger partial charge in [-0.1, -0.05) is 17.7 Å². The van der Waals surface area contributed by atoms with Gasteiger partial charge in [0.1, 0.15) is 5.75 Å². The predicted molar refractivity (Wildman–Crippen MR) is 123 cm³/mol. The molecule has 1 amide bonds. The van der Waals surface area contributed by atoms with Gasteiger partial charge in [0, 0.05) is 27.2 Å². The van der Waals surface area contributed by atoms with Gasteiger partial charge in [-0.3, -0.25) is 14.4 Å². The molecule has 3 aromatic rings. The number of hydrogen-bond acceptors (Lipinski definition) is 6. The molecule has 1 saturated heterocycles. The van der Waals surface area contributed by atoms with Crippen molar-refractivity contribution in [3.8, 4) is 5.75 Å². The van der Waals surface area contributed by atoms with Crippen LogP contribution < -0.4 is 26.1 Å². The number of carbonyl (C=O) groups is 1. The predicted octanol–water partition coefficient (Wildman–Crippen LogP) is 1.40. The summed E-state index contributed by atoms with van der Waals surface area (Å²) in [6.07, 6.45) is 0. The van der Waals surface area contributed by atoms with E-state index in [1.807, 2.05) is 37.3 Å². The third-order valence-electron chi connectivity index (χ3n) is 5.62. The van der Waals surface area contributed by atoms with E-state index in [-0.39, 0.29) is 12.5 Å². The largest absolute Gasteiger partial charge is 0.484 e. The van der Waals surface area contributed by atoms with Gasteiger partial charge in [0.2, 0.25) is 0 Å². The molecule has 1 fully saturated rings. The standard InChI is InChI=1S/C23H26N4O5/c1-15-4-6-16(7-5-15)32-14-21(28)24-17-12-19-20(26(3)23(30)22(29)25(19)2)13-18(17)27-8-10-31-11-9-27/h4-7,12-13H,8-11,14H2,1-3H3,(H,24,28). The van der Waals surface area contributed by atoms with Crippen LogP contribution in [0.15, 0.2) is 46.0 Å². The highest BCUT2D eigenvalue weighted by Crippen LogP contribution is 2.31. The number of benzene rings is 2. The van der Waals surface area contributed by atoms with E-state index in [1.165, 1.54) is 9.13 Å². The molecule has 0 bridgehead atoms. The maximum atomic E-state index is 12.7. The van der Waals surface area contributed by atoms with E-state index < -0.39 is 11.1 Å². The Bertz CT molecular complexity index is 1270. The summed E-state index contributed by atoms with van der Waals surface area (Å²) in [6, 6.07) is 11.0. The van der Waals surface area contributed by atoms with Crippen molar-refractivity contribution in [2.45, 2.75) is 6.92 Å². The molecule has 0 aliphatic carbocycles. The monoisotopic (exact) mass is 438 g/mol. The summed E-state index contributed by atoms with van der Waals surface area (Å²) in [5, 5.41) is 2.91. The van der Waals surface area contributed by atoms with Gasteiger partial charge in [-0.25, -0.2) is 0 Å². The van der Waals surface area contributed by atoms with Crippen LogP contribution >= 0.6 is 0 Å². The average molecular weight is 438 g/mol. The van der Waals surface area contributed by atoms with E-state index in [9.17, 15) is 14.4 Å². The van der Waals surface area contributed by atoms with Gasteiger partial charge in [-0.2, -0.15) is 0 Å². The summed E-state index contributed by atoms with van der Waals surface area (Å²) in [7, 11) is 3.12. The van der Waals surface area contributed by atoms with Gasteiger partial charge >= 0.3 is 11.1 Å². The first-order valence-electron chi connectivity index (χ1n) is 10.4. The highest BCUT2D eigenvalue weighted by molar-refractivity contribution is 5.99. The molecule has 1 aliphatic heterocycles. The lowest BCUT2D eigenvalue weighted by atomic mass is 10.1. The number of fused-ring (bicyclic) bond motifs is 1. The van der Waals surface area contributed by atoms with Crippen LogP contribution in [-0.4, -0.2) is 48.0 Å². The Hall–Kier alpha value is -3.59. The summed E-state index contributed by atoms with van der Waals surface area (Å²) >= 11 is 0. The number of morpholine rings is 1. The zero-order chi connectivity index (χ0) is 22.8. The molecule has 0 saturated carbocycles. The Morgan fingerprint density at radius 1 is 1.00 bits per heavy atom. The molecule has 0 radical (unpaired) electrons. The smallest absolute Gasteiger partial charge is 0.316 e. The minimum Gasteiger partial charge on any atom is -0.484 e. The van der Waals surface area contributed by atoms with Gasteiger partial charge in [-0.05, 0) is 31.2 Å². The molecule has 2 heterocycles. The van der Waals surface area contributed by atoms with Gasteiger partial charge in [-0.15, -0.1) is 0 Å². The van der Waals surface area contributed by atoms with Crippen LogP contribution in [0.3, 0.4) is 0 Å². The number of carbonyl (C=O) groups excluding carboxylic acids is 1. The summed E-state index contributed by atoms with van der Waals surface area (Å²) in [5.41, 5.74) is 2.34. The van der Waals surface area contributed by atoms with Crippen molar-refractivity contribution in [3.63, 3.8) is 0 Å². The van der Waals surface area contributed by atoms with Gasteiger partial charge in [0.25, 0.3) is 5.91 Å². The fourth-order valence-corrected chi connectivity index (χ4v) is 3.74. The van der Waals surface area contributed by atoms with Crippen LogP contribution in [0.4, 0.5) is 11.4 Å². The summed E-state index contributed by atoms with van der Waals surface area (Å²) in [4.78, 5) is 39.4. The number of nitrogens with zero attached hydrogens (tertiary/aromatic N) is 3. The van der Waals surface area contributed by atoms with Crippen molar-refractivity contribution in [2.24, 2.45) is 14.1 Å². The van der Waals surface area contributed by atoms with Crippen LogP contribution in [0.5, 0.6) is 5.75 Å². The third-order valence-corrected chi connectivity index (χ3v) is 5.62. The Morgan fingerprint density at radius 3 is 2.22 bits per heavy atom. The number of anilines is 2. The molecular formula is C23H26N4O5. The van der Waals surface area contributed by atoms with Crippen molar-refractivity contribution in [3.05, 3.63) is 62.7 Å². The normalized spacial score (nSPS) is 13.9. The molecule has 0 atom stereocenters. The lowest BCUT2D eigenvalue weighted by Crippen LogP contribution is -2.40. The van der Waals surface area contributed by atoms with E-state index in [0.717, 1.165) is 11.3 Å². The molecule has 168 valence electrons. The molecule has 0 spiro atoms. The summed E-state index contributed by atoms with van der Waals surface area (Å²) < 4.78 is 13.7. The Balaban J connectivity index is 1.69. The molecule has 2 aromatic carbocycles. The molecular weight excluding hydrogens is 412 g/mol. The second-order valence-corrected chi connectivity index (χ2v) is 7.84. The first-order chi connectivity index (χ1) is 15.3. The van der Waals surface area contributed by atoms with E-state index in [0.29, 0.717) is 48.8 Å². The molecule has 9 nitrogen and oxygen atoms in total. The van der Waals surface area contributed by atoms with Crippen LogP contribution in [0, 0.1) is 6.92 Å². The average Bonchev–Trinajstić information content (AvgIpc) is 2.81. The van der Waals surface area contributed by atoms with Crippen LogP contribution in [0.2, 0.25) is 0 Å². The van der Waals surface area contributed by atoms with Crippen LogP contribution in [-0.2, 0) is 23.6 Å². The Labute approximate surface area is 184 Å². The quantitative estimate of drug-likeness (QED) is 0.605. The number of rotatable bonds is 5. The van der Waals surface area contributed by atoms with Crippen molar-refractivity contribution in [1.82, 2.24) is 9.13 Å². The van der Waals surface area contributed by atoms with E-state index >= 15 is 0 Å². The van der Waals surface area contributed by atoms with E-state index in [1.54, 1.807) is 20.2 Å². The maximum Gasteiger partial charge on any atom is 0.316 e. The van der Waals surface area contributed by atoms with Crippen LogP contribution in [0.25, 0.3) is 11.0 Å². The molecule has 1 aliphatic rings. The van der Waals surface area contributed by atoms with E-state index in [4.69, 9.17) is 9.47 Å². The number of aromatic nitrogens is 2. The number of ether oxygens (including phenoxy) is 2. The van der Waals surface area contributed by atoms with Gasteiger partial charge in [0.15, 0.2) is 6.61 Å². The topological polar surface area (TPSA) is 94.8 Å². The highest BCUT2D eigenvalue weighted by Gasteiger charge is 2.20. The SMILES string of the molecule is Cc1ccc(OCC(=O)Nc2cc3c(cc2N2CCOCC2)n(C)c(=O)c(=O)n3C)cc1. The van der Waals surface area contributed by atoms with Gasteiger partial charge in [0.05, 0.1) is 35.6 Å². The fourth-order valence-electron chi connectivity index (χ4n) is 3.74. The highest BCUT2D eigenvalue weighted by atomic mass is 16.5. The lowest BCUT2D eigenvalue weighted by Gasteiger charge is -2.31. The number of aryl methyl sites for hydroxylation is 3. The van der Waals surface area contributed by atoms with Gasteiger partial charge < -0.3 is 28.8 Å². The molecule has 1 N–H and O–H groups in total. The minimum absolute atomic E-state index is 0.157. The van der Waals surface area contributed by atoms with Crippen molar-refractivity contribution in [2.75, 3.05) is 43.1 Å². The Kier molecular flexibility index (Phi) is 6.00. The fraction of sp³-hybridized carbons (Fsp3) is 0.348. The number of nitrogens with one attached hydrogen (secondary N) is 1. The first-order valence-corrected chi connectivity index (χ1v) is 10.4. The van der Waals surface area contributed by atoms with Crippen molar-refractivity contribution in [1.29, 1.82) is 0 Å². The second kappa shape index (κ2) is 8.88. The van der Waals surface area contributed by atoms with Crippen molar-refractivity contribution >= 4 is 28.3 Å². The lowest BCUT2D eigenvalue weighted by molar-refractivity contribution is -0.118. The first kappa shape index (κ1) is 21.6. The summed E-state index contributed by atoms with van der Waals surface area (Å²) in [5.74, 6) is 0.282. The Morgan fingerprint density at radius 2 is 1.59 bits per heavy atom. The minimum atomic E-state index is -0.626. The molecule has 9 heteroatoms. The number of hydrogen-bond donors (Lipinski definition) is 1. The molecule has 1 aromatic heterocycles. The van der Waals surface area contributed by atoms with E-state index in [2.05, 4.69) is 10.2 Å². The molecule has 4 rings (SSSR count). The zero-order valence-corrected chi connectivity index (χ0v) is 18.4. The molecule has 0 unspecified atom stereocenters. The zero-order valence-electron chi connectivity index (χ0n) is 18.4. The molecule has 32 heavy (non-hydrogen) atoms. The third kappa shape index (κ3) is 4.24. The maximum absolute atomic E-state index is 12.7.